The number of hydrogen-bond acceptors (Lipinski definition) is 3. The largest absolute Gasteiger partial charge is 0.361 e. The van der Waals surface area contributed by atoms with Crippen molar-refractivity contribution in [2.45, 2.75) is 39.7 Å². The molecule has 1 unspecified atom stereocenters. The number of carbonyl (C=O) groups is 1. The Labute approximate surface area is 124 Å². The van der Waals surface area contributed by atoms with E-state index in [0.29, 0.717) is 23.6 Å². The Morgan fingerprint density at radius 1 is 1.38 bits per heavy atom. The smallest absolute Gasteiger partial charge is 0.259 e. The summed E-state index contributed by atoms with van der Waals surface area (Å²) in [6.07, 6.45) is 2.02. The molecule has 0 radical (unpaired) electrons. The van der Waals surface area contributed by atoms with Crippen molar-refractivity contribution in [1.29, 1.82) is 0 Å². The van der Waals surface area contributed by atoms with Gasteiger partial charge in [0.2, 0.25) is 0 Å². The highest BCUT2D eigenvalue weighted by atomic mass is 16.5. The molecule has 3 rings (SSSR count). The number of fused-ring (bicyclic) bond motifs is 1. The van der Waals surface area contributed by atoms with E-state index in [9.17, 15) is 4.79 Å². The lowest BCUT2D eigenvalue weighted by Gasteiger charge is -2.28. The molecular formula is C17H20N2O2. The summed E-state index contributed by atoms with van der Waals surface area (Å²) >= 11 is 0. The SMILES string of the molecule is CCN(C(=O)c1c(C)noc1C)C1CCc2ccccc21. The number of nitrogens with zero attached hydrogens (tertiary/aromatic N) is 2. The number of aromatic nitrogens is 1. The van der Waals surface area contributed by atoms with Crippen LogP contribution < -0.4 is 0 Å². The number of benzene rings is 1. The highest BCUT2D eigenvalue weighted by Gasteiger charge is 2.32. The van der Waals surface area contributed by atoms with Gasteiger partial charge in [-0.15, -0.1) is 0 Å². The summed E-state index contributed by atoms with van der Waals surface area (Å²) in [5.41, 5.74) is 3.91. The Morgan fingerprint density at radius 3 is 2.81 bits per heavy atom. The zero-order chi connectivity index (χ0) is 15.0. The van der Waals surface area contributed by atoms with Crippen LogP contribution in [-0.4, -0.2) is 22.5 Å². The van der Waals surface area contributed by atoms with Crippen molar-refractivity contribution in [3.8, 4) is 0 Å². The molecule has 1 amide bonds. The Bertz CT molecular complexity index is 656. The first-order chi connectivity index (χ1) is 10.1. The van der Waals surface area contributed by atoms with Crippen LogP contribution in [0.2, 0.25) is 0 Å². The molecule has 0 N–H and O–H groups in total. The van der Waals surface area contributed by atoms with Gasteiger partial charge in [0.15, 0.2) is 0 Å². The zero-order valence-electron chi connectivity index (χ0n) is 12.7. The van der Waals surface area contributed by atoms with E-state index in [2.05, 4.69) is 23.4 Å². The molecule has 4 nitrogen and oxygen atoms in total. The summed E-state index contributed by atoms with van der Waals surface area (Å²) < 4.78 is 5.15. The molecule has 4 heteroatoms. The van der Waals surface area contributed by atoms with E-state index in [0.717, 1.165) is 12.8 Å². The van der Waals surface area contributed by atoms with Crippen molar-refractivity contribution >= 4 is 5.91 Å². The predicted octanol–water partition coefficient (Wildman–Crippen LogP) is 3.44. The Morgan fingerprint density at radius 2 is 2.14 bits per heavy atom. The predicted molar refractivity (Wildman–Crippen MR) is 80.2 cm³/mol. The van der Waals surface area contributed by atoms with E-state index in [1.165, 1.54) is 11.1 Å². The first kappa shape index (κ1) is 13.9. The maximum absolute atomic E-state index is 12.9. The highest BCUT2D eigenvalue weighted by molar-refractivity contribution is 5.96. The summed E-state index contributed by atoms with van der Waals surface area (Å²) in [4.78, 5) is 14.8. The van der Waals surface area contributed by atoms with E-state index in [-0.39, 0.29) is 11.9 Å². The van der Waals surface area contributed by atoms with Gasteiger partial charge >= 0.3 is 0 Å². The summed E-state index contributed by atoms with van der Waals surface area (Å²) in [7, 11) is 0. The number of rotatable bonds is 3. The van der Waals surface area contributed by atoms with Gasteiger partial charge in [-0.3, -0.25) is 4.79 Å². The van der Waals surface area contributed by atoms with Crippen LogP contribution in [0.3, 0.4) is 0 Å². The molecule has 0 aliphatic heterocycles. The van der Waals surface area contributed by atoms with Gasteiger partial charge in [0.05, 0.1) is 11.7 Å². The van der Waals surface area contributed by atoms with Crippen molar-refractivity contribution in [3.63, 3.8) is 0 Å². The number of aryl methyl sites for hydroxylation is 3. The van der Waals surface area contributed by atoms with E-state index in [4.69, 9.17) is 4.52 Å². The molecule has 1 heterocycles. The Kier molecular flexibility index (Phi) is 3.53. The molecule has 0 spiro atoms. The van der Waals surface area contributed by atoms with Crippen LogP contribution >= 0.6 is 0 Å². The van der Waals surface area contributed by atoms with Crippen molar-refractivity contribution < 1.29 is 9.32 Å². The van der Waals surface area contributed by atoms with Gasteiger partial charge in [0.25, 0.3) is 5.91 Å². The standard InChI is InChI=1S/C17H20N2O2/c1-4-19(17(20)16-11(2)18-21-12(16)3)15-10-9-13-7-5-6-8-14(13)15/h5-8,15H,4,9-10H2,1-3H3. The third-order valence-corrected chi connectivity index (χ3v) is 4.33. The lowest BCUT2D eigenvalue weighted by Crippen LogP contribution is -2.34. The van der Waals surface area contributed by atoms with Crippen LogP contribution in [0.5, 0.6) is 0 Å². The lowest BCUT2D eigenvalue weighted by molar-refractivity contribution is 0.0685. The minimum Gasteiger partial charge on any atom is -0.361 e. The Hall–Kier alpha value is -2.10. The van der Waals surface area contributed by atoms with Gasteiger partial charge in [0.1, 0.15) is 11.3 Å². The molecule has 1 aromatic carbocycles. The molecule has 0 fully saturated rings. The second-order valence-corrected chi connectivity index (χ2v) is 5.54. The fourth-order valence-corrected chi connectivity index (χ4v) is 3.30. The third kappa shape index (κ3) is 2.24. The molecule has 21 heavy (non-hydrogen) atoms. The summed E-state index contributed by atoms with van der Waals surface area (Å²) in [5.74, 6) is 0.623. The van der Waals surface area contributed by atoms with E-state index < -0.39 is 0 Å². The molecule has 110 valence electrons. The minimum absolute atomic E-state index is 0.0236. The molecule has 1 aliphatic carbocycles. The van der Waals surface area contributed by atoms with Crippen molar-refractivity contribution in [3.05, 3.63) is 52.4 Å². The lowest BCUT2D eigenvalue weighted by atomic mass is 10.1. The molecule has 1 aromatic heterocycles. The number of carbonyl (C=O) groups excluding carboxylic acids is 1. The van der Waals surface area contributed by atoms with Crippen LogP contribution in [0.1, 0.15) is 52.3 Å². The van der Waals surface area contributed by atoms with Gasteiger partial charge in [-0.05, 0) is 44.7 Å². The molecular weight excluding hydrogens is 264 g/mol. The van der Waals surface area contributed by atoms with Crippen LogP contribution in [0.4, 0.5) is 0 Å². The van der Waals surface area contributed by atoms with E-state index in [1.54, 1.807) is 6.92 Å². The summed E-state index contributed by atoms with van der Waals surface area (Å²) in [6, 6.07) is 8.56. The quantitative estimate of drug-likeness (QED) is 0.867. The average molecular weight is 284 g/mol. The van der Waals surface area contributed by atoms with Crippen molar-refractivity contribution in [2.75, 3.05) is 6.54 Å². The van der Waals surface area contributed by atoms with Gasteiger partial charge in [0, 0.05) is 6.54 Å². The van der Waals surface area contributed by atoms with Crippen molar-refractivity contribution in [2.24, 2.45) is 0 Å². The molecule has 1 aliphatic rings. The van der Waals surface area contributed by atoms with Gasteiger partial charge in [-0.2, -0.15) is 0 Å². The normalized spacial score (nSPS) is 16.8. The molecule has 0 saturated heterocycles. The number of amides is 1. The first-order valence-corrected chi connectivity index (χ1v) is 7.45. The third-order valence-electron chi connectivity index (χ3n) is 4.33. The van der Waals surface area contributed by atoms with Crippen molar-refractivity contribution in [1.82, 2.24) is 10.1 Å². The summed E-state index contributed by atoms with van der Waals surface area (Å²) in [5, 5.41) is 3.90. The fraction of sp³-hybridized carbons (Fsp3) is 0.412. The van der Waals surface area contributed by atoms with Crippen LogP contribution in [-0.2, 0) is 6.42 Å². The highest BCUT2D eigenvalue weighted by Crippen LogP contribution is 2.36. The van der Waals surface area contributed by atoms with Crippen LogP contribution in [0.25, 0.3) is 0 Å². The zero-order valence-corrected chi connectivity index (χ0v) is 12.7. The molecule has 1 atom stereocenters. The molecule has 0 saturated carbocycles. The molecule has 2 aromatic rings. The fourth-order valence-electron chi connectivity index (χ4n) is 3.30. The van der Waals surface area contributed by atoms with Gasteiger partial charge < -0.3 is 9.42 Å². The second-order valence-electron chi connectivity index (χ2n) is 5.54. The topological polar surface area (TPSA) is 46.3 Å². The molecule has 0 bridgehead atoms. The van der Waals surface area contributed by atoms with Gasteiger partial charge in [-0.25, -0.2) is 0 Å². The average Bonchev–Trinajstić information content (AvgIpc) is 3.04. The maximum atomic E-state index is 12.9. The Balaban J connectivity index is 1.95. The van der Waals surface area contributed by atoms with E-state index >= 15 is 0 Å². The summed E-state index contributed by atoms with van der Waals surface area (Å²) in [6.45, 7) is 6.32. The second kappa shape index (κ2) is 5.35. The first-order valence-electron chi connectivity index (χ1n) is 7.45. The van der Waals surface area contributed by atoms with Gasteiger partial charge in [-0.1, -0.05) is 29.4 Å². The monoisotopic (exact) mass is 284 g/mol. The maximum Gasteiger partial charge on any atom is 0.259 e. The van der Waals surface area contributed by atoms with Crippen LogP contribution in [0, 0.1) is 13.8 Å². The minimum atomic E-state index is 0.0236. The number of hydrogen-bond donors (Lipinski definition) is 0. The van der Waals surface area contributed by atoms with E-state index in [1.807, 2.05) is 24.8 Å². The van der Waals surface area contributed by atoms with Crippen LogP contribution in [0.15, 0.2) is 28.8 Å².